The van der Waals surface area contributed by atoms with Crippen molar-refractivity contribution >= 4 is 9.84 Å². The van der Waals surface area contributed by atoms with Crippen molar-refractivity contribution in [2.75, 3.05) is 44.7 Å². The molecule has 2 heterocycles. The van der Waals surface area contributed by atoms with Gasteiger partial charge in [0.1, 0.15) is 15.7 Å². The predicted octanol–water partition coefficient (Wildman–Crippen LogP) is 0.0652. The summed E-state index contributed by atoms with van der Waals surface area (Å²) in [5.41, 5.74) is 0. The first-order valence-corrected chi connectivity index (χ1v) is 9.16. The zero-order valence-electron chi connectivity index (χ0n) is 12.3. The highest BCUT2D eigenvalue weighted by atomic mass is 32.2. The molecule has 1 aromatic rings. The van der Waals surface area contributed by atoms with E-state index in [-0.39, 0.29) is 5.75 Å². The van der Waals surface area contributed by atoms with Gasteiger partial charge in [-0.25, -0.2) is 13.4 Å². The Morgan fingerprint density at radius 2 is 1.85 bits per heavy atom. The van der Waals surface area contributed by atoms with Gasteiger partial charge in [-0.15, -0.1) is 0 Å². The van der Waals surface area contributed by atoms with Gasteiger partial charge in [0.2, 0.25) is 0 Å². The summed E-state index contributed by atoms with van der Waals surface area (Å²) in [4.78, 5) is 9.00. The summed E-state index contributed by atoms with van der Waals surface area (Å²) in [6, 6.07) is 0. The highest BCUT2D eigenvalue weighted by Gasteiger charge is 2.19. The Labute approximate surface area is 121 Å². The molecule has 0 N–H and O–H groups in total. The SMILES string of the molecule is CCn1ccnc1CN1CCN(CCS(C)(=O)=O)CC1. The number of piperazine rings is 1. The minimum Gasteiger partial charge on any atom is -0.334 e. The minimum absolute atomic E-state index is 0.257. The molecule has 0 saturated carbocycles. The average molecular weight is 300 g/mol. The maximum absolute atomic E-state index is 11.2. The number of hydrogen-bond donors (Lipinski definition) is 0. The fourth-order valence-electron chi connectivity index (χ4n) is 2.45. The Morgan fingerprint density at radius 3 is 2.45 bits per heavy atom. The van der Waals surface area contributed by atoms with Crippen LogP contribution >= 0.6 is 0 Å². The number of hydrogen-bond acceptors (Lipinski definition) is 5. The fourth-order valence-corrected chi connectivity index (χ4v) is 3.04. The summed E-state index contributed by atoms with van der Waals surface area (Å²) in [6.07, 6.45) is 5.16. The van der Waals surface area contributed by atoms with Crippen LogP contribution < -0.4 is 0 Å². The van der Waals surface area contributed by atoms with E-state index in [1.165, 1.54) is 6.26 Å². The maximum Gasteiger partial charge on any atom is 0.148 e. The average Bonchev–Trinajstić information content (AvgIpc) is 2.84. The van der Waals surface area contributed by atoms with Gasteiger partial charge in [-0.05, 0) is 6.92 Å². The number of rotatable bonds is 6. The van der Waals surface area contributed by atoms with E-state index in [0.29, 0.717) is 6.54 Å². The smallest absolute Gasteiger partial charge is 0.148 e. The van der Waals surface area contributed by atoms with E-state index in [1.54, 1.807) is 0 Å². The van der Waals surface area contributed by atoms with Gasteiger partial charge >= 0.3 is 0 Å². The second kappa shape index (κ2) is 6.69. The molecular formula is C13H24N4O2S. The molecule has 1 aromatic heterocycles. The summed E-state index contributed by atoms with van der Waals surface area (Å²) < 4.78 is 24.5. The monoisotopic (exact) mass is 300 g/mol. The summed E-state index contributed by atoms with van der Waals surface area (Å²) in [6.45, 7) is 8.40. The van der Waals surface area contributed by atoms with E-state index in [2.05, 4.69) is 26.3 Å². The van der Waals surface area contributed by atoms with Crippen LogP contribution in [-0.2, 0) is 22.9 Å². The predicted molar refractivity (Wildman–Crippen MR) is 79.3 cm³/mol. The number of imidazole rings is 1. The molecule has 0 radical (unpaired) electrons. The highest BCUT2D eigenvalue weighted by Crippen LogP contribution is 2.07. The third-order valence-corrected chi connectivity index (χ3v) is 4.67. The van der Waals surface area contributed by atoms with Crippen LogP contribution in [-0.4, -0.2) is 72.5 Å². The van der Waals surface area contributed by atoms with Gasteiger partial charge in [0.05, 0.1) is 12.3 Å². The molecule has 0 atom stereocenters. The van der Waals surface area contributed by atoms with E-state index < -0.39 is 9.84 Å². The molecule has 1 aliphatic heterocycles. The van der Waals surface area contributed by atoms with E-state index in [0.717, 1.165) is 45.1 Å². The van der Waals surface area contributed by atoms with Crippen LogP contribution in [0.25, 0.3) is 0 Å². The van der Waals surface area contributed by atoms with Crippen molar-refractivity contribution in [2.24, 2.45) is 0 Å². The van der Waals surface area contributed by atoms with Gasteiger partial charge in [-0.3, -0.25) is 9.80 Å². The first kappa shape index (κ1) is 15.5. The first-order valence-electron chi connectivity index (χ1n) is 7.10. The fraction of sp³-hybridized carbons (Fsp3) is 0.769. The van der Waals surface area contributed by atoms with Crippen LogP contribution in [0.15, 0.2) is 12.4 Å². The maximum atomic E-state index is 11.2. The molecule has 0 aliphatic carbocycles. The van der Waals surface area contributed by atoms with Crippen molar-refractivity contribution < 1.29 is 8.42 Å². The van der Waals surface area contributed by atoms with Gasteiger partial charge in [0, 0.05) is 57.9 Å². The van der Waals surface area contributed by atoms with Crippen LogP contribution in [0.4, 0.5) is 0 Å². The van der Waals surface area contributed by atoms with Crippen molar-refractivity contribution in [1.82, 2.24) is 19.4 Å². The van der Waals surface area contributed by atoms with Crippen molar-refractivity contribution in [3.63, 3.8) is 0 Å². The molecule has 0 unspecified atom stereocenters. The van der Waals surface area contributed by atoms with Crippen molar-refractivity contribution in [2.45, 2.75) is 20.0 Å². The summed E-state index contributed by atoms with van der Waals surface area (Å²) in [5.74, 6) is 1.37. The Balaban J connectivity index is 1.77. The van der Waals surface area contributed by atoms with Gasteiger partial charge in [0.15, 0.2) is 0 Å². The zero-order valence-corrected chi connectivity index (χ0v) is 13.1. The van der Waals surface area contributed by atoms with Gasteiger partial charge in [0.25, 0.3) is 0 Å². The lowest BCUT2D eigenvalue weighted by Crippen LogP contribution is -2.47. The Kier molecular flexibility index (Phi) is 5.17. The lowest BCUT2D eigenvalue weighted by atomic mass is 10.3. The lowest BCUT2D eigenvalue weighted by molar-refractivity contribution is 0.129. The van der Waals surface area contributed by atoms with E-state index in [9.17, 15) is 8.42 Å². The molecule has 0 spiro atoms. The normalized spacial score (nSPS) is 18.5. The van der Waals surface area contributed by atoms with Crippen LogP contribution in [0.5, 0.6) is 0 Å². The third-order valence-electron chi connectivity index (χ3n) is 3.75. The molecule has 20 heavy (non-hydrogen) atoms. The Morgan fingerprint density at radius 1 is 1.20 bits per heavy atom. The van der Waals surface area contributed by atoms with Crippen LogP contribution in [0.1, 0.15) is 12.7 Å². The minimum atomic E-state index is -2.86. The molecular weight excluding hydrogens is 276 g/mol. The standard InChI is InChI=1S/C13H24N4O2S/c1-3-17-5-4-14-13(17)12-16-8-6-15(7-9-16)10-11-20(2,18)19/h4-5H,3,6-12H2,1-2H3. The lowest BCUT2D eigenvalue weighted by Gasteiger charge is -2.34. The summed E-state index contributed by atoms with van der Waals surface area (Å²) in [7, 11) is -2.86. The Bertz CT molecular complexity index is 518. The molecule has 1 aliphatic rings. The van der Waals surface area contributed by atoms with Crippen molar-refractivity contribution in [3.05, 3.63) is 18.2 Å². The van der Waals surface area contributed by atoms with Gasteiger partial charge < -0.3 is 4.57 Å². The summed E-state index contributed by atoms with van der Waals surface area (Å²) in [5, 5.41) is 0. The van der Waals surface area contributed by atoms with Gasteiger partial charge in [-0.2, -0.15) is 0 Å². The molecule has 2 rings (SSSR count). The second-order valence-electron chi connectivity index (χ2n) is 5.38. The van der Waals surface area contributed by atoms with Crippen molar-refractivity contribution in [1.29, 1.82) is 0 Å². The largest absolute Gasteiger partial charge is 0.334 e. The molecule has 0 amide bonds. The first-order chi connectivity index (χ1) is 9.48. The van der Waals surface area contributed by atoms with E-state index in [1.807, 2.05) is 12.4 Å². The molecule has 0 bridgehead atoms. The molecule has 1 fully saturated rings. The number of aromatic nitrogens is 2. The molecule has 0 aromatic carbocycles. The van der Waals surface area contributed by atoms with Crippen LogP contribution in [0.2, 0.25) is 0 Å². The molecule has 1 saturated heterocycles. The number of aryl methyl sites for hydroxylation is 1. The number of sulfone groups is 1. The highest BCUT2D eigenvalue weighted by molar-refractivity contribution is 7.90. The summed E-state index contributed by atoms with van der Waals surface area (Å²) >= 11 is 0. The zero-order chi connectivity index (χ0) is 14.6. The van der Waals surface area contributed by atoms with Crippen molar-refractivity contribution in [3.8, 4) is 0 Å². The topological polar surface area (TPSA) is 58.4 Å². The number of nitrogens with zero attached hydrogens (tertiary/aromatic N) is 4. The third kappa shape index (κ3) is 4.57. The second-order valence-corrected chi connectivity index (χ2v) is 7.64. The van der Waals surface area contributed by atoms with Gasteiger partial charge in [-0.1, -0.05) is 0 Å². The Hall–Kier alpha value is -0.920. The molecule has 6 nitrogen and oxygen atoms in total. The van der Waals surface area contributed by atoms with Crippen LogP contribution in [0.3, 0.4) is 0 Å². The van der Waals surface area contributed by atoms with E-state index in [4.69, 9.17) is 0 Å². The molecule has 114 valence electrons. The van der Waals surface area contributed by atoms with Crippen LogP contribution in [0, 0.1) is 0 Å². The quantitative estimate of drug-likeness (QED) is 0.744. The van der Waals surface area contributed by atoms with E-state index >= 15 is 0 Å². The molecule has 7 heteroatoms.